The Morgan fingerprint density at radius 2 is 1.57 bits per heavy atom. The van der Waals surface area contributed by atoms with Gasteiger partial charge in [-0.1, -0.05) is 19.3 Å². The monoisotopic (exact) mass is 523 g/mol. The Kier molecular flexibility index (Phi) is 8.91. The SMILES string of the molecule is O=Nc1ccc(NC2CCN(C(=O)NCC3CCN(C(=O)C4CCCCC4)CC3)CC2)cc1C(F)(F)F. The largest absolute Gasteiger partial charge is 0.418 e. The van der Waals surface area contributed by atoms with Crippen LogP contribution in [0.5, 0.6) is 0 Å². The van der Waals surface area contributed by atoms with E-state index in [0.29, 0.717) is 44.3 Å². The minimum absolute atomic E-state index is 0.0776. The van der Waals surface area contributed by atoms with Gasteiger partial charge in [0.05, 0.1) is 5.56 Å². The third-order valence-corrected chi connectivity index (χ3v) is 7.98. The third kappa shape index (κ3) is 7.13. The van der Waals surface area contributed by atoms with Crippen molar-refractivity contribution in [2.24, 2.45) is 17.0 Å². The summed E-state index contributed by atoms with van der Waals surface area (Å²) in [4.78, 5) is 39.9. The van der Waals surface area contributed by atoms with Gasteiger partial charge >= 0.3 is 12.2 Å². The molecule has 8 nitrogen and oxygen atoms in total. The molecule has 11 heteroatoms. The van der Waals surface area contributed by atoms with E-state index in [4.69, 9.17) is 0 Å². The molecule has 2 aliphatic heterocycles. The minimum atomic E-state index is -4.66. The van der Waals surface area contributed by atoms with Crippen LogP contribution in [0.25, 0.3) is 0 Å². The number of alkyl halides is 3. The van der Waals surface area contributed by atoms with Crippen LogP contribution in [0.4, 0.5) is 29.3 Å². The molecule has 1 aromatic carbocycles. The molecule has 1 aromatic rings. The summed E-state index contributed by atoms with van der Waals surface area (Å²) in [5, 5.41) is 8.59. The Morgan fingerprint density at radius 1 is 0.919 bits per heavy atom. The zero-order valence-corrected chi connectivity index (χ0v) is 21.1. The predicted octanol–water partition coefficient (Wildman–Crippen LogP) is 5.51. The first-order valence-electron chi connectivity index (χ1n) is 13.4. The van der Waals surface area contributed by atoms with Crippen molar-refractivity contribution in [1.29, 1.82) is 0 Å². The molecule has 204 valence electrons. The smallest absolute Gasteiger partial charge is 0.382 e. The van der Waals surface area contributed by atoms with Crippen LogP contribution in [0.2, 0.25) is 0 Å². The van der Waals surface area contributed by atoms with Crippen molar-refractivity contribution in [2.75, 3.05) is 38.0 Å². The molecule has 1 aliphatic carbocycles. The molecule has 2 N–H and O–H groups in total. The molecule has 2 heterocycles. The normalized spacial score (nSPS) is 20.5. The Balaban J connectivity index is 1.17. The van der Waals surface area contributed by atoms with Gasteiger partial charge < -0.3 is 20.4 Å². The molecule has 0 bridgehead atoms. The summed E-state index contributed by atoms with van der Waals surface area (Å²) in [5.41, 5.74) is -1.42. The predicted molar refractivity (Wildman–Crippen MR) is 134 cm³/mol. The summed E-state index contributed by atoms with van der Waals surface area (Å²) >= 11 is 0. The summed E-state index contributed by atoms with van der Waals surface area (Å²) < 4.78 is 39.5. The third-order valence-electron chi connectivity index (χ3n) is 7.98. The van der Waals surface area contributed by atoms with Crippen LogP contribution in [-0.4, -0.2) is 60.5 Å². The minimum Gasteiger partial charge on any atom is -0.382 e. The number of piperidine rings is 2. The quantitative estimate of drug-likeness (QED) is 0.481. The molecule has 0 radical (unpaired) electrons. The lowest BCUT2D eigenvalue weighted by atomic mass is 9.87. The fourth-order valence-corrected chi connectivity index (χ4v) is 5.70. The zero-order valence-electron chi connectivity index (χ0n) is 21.1. The second-order valence-corrected chi connectivity index (χ2v) is 10.5. The maximum absolute atomic E-state index is 13.2. The van der Waals surface area contributed by atoms with E-state index < -0.39 is 17.4 Å². The number of rotatable bonds is 6. The van der Waals surface area contributed by atoms with Crippen LogP contribution in [0.1, 0.15) is 63.4 Å². The van der Waals surface area contributed by atoms with Crippen LogP contribution in [0.15, 0.2) is 23.4 Å². The lowest BCUT2D eigenvalue weighted by molar-refractivity contribution is -0.138. The average molecular weight is 524 g/mol. The van der Waals surface area contributed by atoms with Crippen molar-refractivity contribution in [3.8, 4) is 0 Å². The molecule has 0 unspecified atom stereocenters. The first kappa shape index (κ1) is 27.2. The number of likely N-dealkylation sites (tertiary alicyclic amines) is 2. The summed E-state index contributed by atoms with van der Waals surface area (Å²) in [5.74, 6) is 0.858. The lowest BCUT2D eigenvalue weighted by Crippen LogP contribution is -2.49. The number of carbonyl (C=O) groups is 2. The standard InChI is InChI=1S/C26H36F3N5O3/c27-26(28,29)22-16-21(6-7-23(22)32-37)31-20-10-14-34(15-11-20)25(36)30-17-18-8-12-33(13-9-18)24(35)19-4-2-1-3-5-19/h6-7,16,18-20,31H,1-5,8-15,17H2,(H,30,36). The Morgan fingerprint density at radius 3 is 2.19 bits per heavy atom. The fraction of sp³-hybridized carbons (Fsp3) is 0.692. The molecule has 0 aromatic heterocycles. The van der Waals surface area contributed by atoms with Crippen molar-refractivity contribution in [3.63, 3.8) is 0 Å². The van der Waals surface area contributed by atoms with Crippen molar-refractivity contribution in [3.05, 3.63) is 28.7 Å². The number of hydrogen-bond donors (Lipinski definition) is 2. The van der Waals surface area contributed by atoms with Crippen LogP contribution in [0, 0.1) is 16.7 Å². The number of anilines is 1. The van der Waals surface area contributed by atoms with E-state index in [0.717, 1.165) is 63.7 Å². The summed E-state index contributed by atoms with van der Waals surface area (Å²) in [6.07, 6.45) is 3.88. The first-order chi connectivity index (χ1) is 17.7. The second-order valence-electron chi connectivity index (χ2n) is 10.5. The molecule has 3 amide bonds. The molecular weight excluding hydrogens is 487 g/mol. The highest BCUT2D eigenvalue weighted by molar-refractivity contribution is 5.79. The van der Waals surface area contributed by atoms with Gasteiger partial charge in [0.1, 0.15) is 5.69 Å². The van der Waals surface area contributed by atoms with Gasteiger partial charge in [0.25, 0.3) is 0 Å². The highest BCUT2D eigenvalue weighted by Crippen LogP contribution is 2.38. The van der Waals surface area contributed by atoms with Crippen molar-refractivity contribution < 1.29 is 22.8 Å². The summed E-state index contributed by atoms with van der Waals surface area (Å²) in [7, 11) is 0. The van der Waals surface area contributed by atoms with Gasteiger partial charge in [-0.3, -0.25) is 4.79 Å². The van der Waals surface area contributed by atoms with Crippen molar-refractivity contribution in [1.82, 2.24) is 15.1 Å². The number of urea groups is 1. The van der Waals surface area contributed by atoms with Crippen molar-refractivity contribution in [2.45, 2.75) is 70.0 Å². The van der Waals surface area contributed by atoms with E-state index in [2.05, 4.69) is 15.8 Å². The number of hydrogen-bond acceptors (Lipinski definition) is 5. The molecule has 3 fully saturated rings. The number of halogens is 3. The second kappa shape index (κ2) is 12.1. The number of nitrogens with one attached hydrogen (secondary N) is 2. The topological polar surface area (TPSA) is 94.1 Å². The van der Waals surface area contributed by atoms with Gasteiger partial charge in [0.2, 0.25) is 5.91 Å². The van der Waals surface area contributed by atoms with E-state index in [1.807, 2.05) is 4.90 Å². The molecule has 0 spiro atoms. The van der Waals surface area contributed by atoms with Gasteiger partial charge in [0, 0.05) is 50.4 Å². The van der Waals surface area contributed by atoms with Crippen LogP contribution < -0.4 is 10.6 Å². The highest BCUT2D eigenvalue weighted by Gasteiger charge is 2.35. The molecule has 2 saturated heterocycles. The Hall–Kier alpha value is -2.85. The van der Waals surface area contributed by atoms with E-state index in [1.165, 1.54) is 12.5 Å². The lowest BCUT2D eigenvalue weighted by Gasteiger charge is -2.36. The average Bonchev–Trinajstić information content (AvgIpc) is 2.92. The summed E-state index contributed by atoms with van der Waals surface area (Å²) in [6.45, 7) is 3.09. The summed E-state index contributed by atoms with van der Waals surface area (Å²) in [6, 6.07) is 3.19. The first-order valence-corrected chi connectivity index (χ1v) is 13.4. The van der Waals surface area contributed by atoms with Crippen LogP contribution >= 0.6 is 0 Å². The molecule has 3 aliphatic rings. The van der Waals surface area contributed by atoms with Crippen LogP contribution in [-0.2, 0) is 11.0 Å². The number of carbonyl (C=O) groups excluding carboxylic acids is 2. The van der Waals surface area contributed by atoms with Gasteiger partial charge in [-0.25, -0.2) is 4.79 Å². The van der Waals surface area contributed by atoms with E-state index in [-0.39, 0.29) is 23.7 Å². The number of amides is 3. The molecule has 1 saturated carbocycles. The maximum atomic E-state index is 13.2. The number of benzene rings is 1. The van der Waals surface area contributed by atoms with Crippen molar-refractivity contribution >= 4 is 23.3 Å². The highest BCUT2D eigenvalue weighted by atomic mass is 19.4. The van der Waals surface area contributed by atoms with Gasteiger partial charge in [-0.15, -0.1) is 4.91 Å². The van der Waals surface area contributed by atoms with Gasteiger partial charge in [-0.05, 0) is 67.8 Å². The zero-order chi connectivity index (χ0) is 26.4. The van der Waals surface area contributed by atoms with Crippen LogP contribution in [0.3, 0.4) is 0 Å². The number of nitroso groups, excluding NO2 is 1. The van der Waals surface area contributed by atoms with E-state index in [1.54, 1.807) is 4.90 Å². The molecular formula is C26H36F3N5O3. The number of nitrogens with zero attached hydrogens (tertiary/aromatic N) is 3. The molecule has 4 rings (SSSR count). The molecule has 37 heavy (non-hydrogen) atoms. The Bertz CT molecular complexity index is 951. The fourth-order valence-electron chi connectivity index (χ4n) is 5.70. The van der Waals surface area contributed by atoms with E-state index >= 15 is 0 Å². The Labute approximate surface area is 215 Å². The molecule has 0 atom stereocenters. The van der Waals surface area contributed by atoms with Gasteiger partial charge in [0.15, 0.2) is 0 Å². The maximum Gasteiger partial charge on any atom is 0.418 e. The van der Waals surface area contributed by atoms with E-state index in [9.17, 15) is 27.7 Å². The van der Waals surface area contributed by atoms with Gasteiger partial charge in [-0.2, -0.15) is 13.2 Å².